The minimum absolute atomic E-state index is 0.0208. The van der Waals surface area contributed by atoms with Crippen LogP contribution in [0.4, 0.5) is 0 Å². The molecule has 2 aromatic rings. The highest BCUT2D eigenvalue weighted by atomic mass is 16.5. The Morgan fingerprint density at radius 1 is 1.03 bits per heavy atom. The fourth-order valence-corrected chi connectivity index (χ4v) is 3.60. The number of carbonyl (C=O) groups is 1. The van der Waals surface area contributed by atoms with E-state index in [1.807, 2.05) is 12.1 Å². The lowest BCUT2D eigenvalue weighted by Crippen LogP contribution is -2.45. The molecule has 6 heteroatoms. The van der Waals surface area contributed by atoms with Crippen LogP contribution in [0, 0.1) is 0 Å². The zero-order chi connectivity index (χ0) is 20.6. The van der Waals surface area contributed by atoms with E-state index >= 15 is 0 Å². The second kappa shape index (κ2) is 10.3. The molecule has 6 nitrogen and oxygen atoms in total. The second-order valence-corrected chi connectivity index (χ2v) is 7.46. The fraction of sp³-hybridized carbons (Fsp3) is 0.435. The molecule has 1 N–H and O–H groups in total. The summed E-state index contributed by atoms with van der Waals surface area (Å²) in [5, 5.41) is 2.96. The fourth-order valence-electron chi connectivity index (χ4n) is 3.60. The Morgan fingerprint density at radius 3 is 2.31 bits per heavy atom. The zero-order valence-electron chi connectivity index (χ0n) is 17.4. The first-order valence-corrected chi connectivity index (χ1v) is 10.0. The topological polar surface area (TPSA) is 60.0 Å². The first kappa shape index (κ1) is 21.1. The van der Waals surface area contributed by atoms with Crippen LogP contribution < -0.4 is 14.8 Å². The lowest BCUT2D eigenvalue weighted by Gasteiger charge is -2.35. The first-order chi connectivity index (χ1) is 14.0. The van der Waals surface area contributed by atoms with Crippen LogP contribution >= 0.6 is 0 Å². The third-order valence-corrected chi connectivity index (χ3v) is 4.91. The number of hydrogen-bond donors (Lipinski definition) is 1. The molecular weight excluding hydrogens is 368 g/mol. The minimum Gasteiger partial charge on any atom is -0.497 e. The molecule has 1 heterocycles. The molecule has 1 amide bonds. The van der Waals surface area contributed by atoms with Crippen molar-refractivity contribution in [2.75, 3.05) is 26.8 Å². The third kappa shape index (κ3) is 6.48. The molecule has 2 unspecified atom stereocenters. The number of morpholine rings is 1. The molecule has 29 heavy (non-hydrogen) atoms. The summed E-state index contributed by atoms with van der Waals surface area (Å²) in [4.78, 5) is 14.6. The Labute approximate surface area is 172 Å². The SMILES string of the molecule is COc1ccc(OCC(=O)NCc2ccccc2CN2CC(C)OC(C)C2)cc1. The summed E-state index contributed by atoms with van der Waals surface area (Å²) in [5.74, 6) is 1.24. The summed E-state index contributed by atoms with van der Waals surface area (Å²) >= 11 is 0. The Bertz CT molecular complexity index is 784. The van der Waals surface area contributed by atoms with Gasteiger partial charge >= 0.3 is 0 Å². The summed E-state index contributed by atoms with van der Waals surface area (Å²) in [6.07, 6.45) is 0.474. The largest absolute Gasteiger partial charge is 0.497 e. The van der Waals surface area contributed by atoms with Crippen molar-refractivity contribution in [2.45, 2.75) is 39.1 Å². The van der Waals surface area contributed by atoms with E-state index in [0.717, 1.165) is 30.9 Å². The standard InChI is InChI=1S/C23H30N2O4/c1-17-13-25(14-18(2)29-17)15-20-7-5-4-6-19(20)12-24-23(26)16-28-22-10-8-21(27-3)9-11-22/h4-11,17-18H,12-16H2,1-3H3,(H,24,26). The maximum absolute atomic E-state index is 12.2. The van der Waals surface area contributed by atoms with Gasteiger partial charge in [-0.15, -0.1) is 0 Å². The Morgan fingerprint density at radius 2 is 1.66 bits per heavy atom. The quantitative estimate of drug-likeness (QED) is 0.741. The van der Waals surface area contributed by atoms with Crippen LogP contribution in [-0.2, 0) is 22.6 Å². The molecule has 1 aliphatic heterocycles. The average molecular weight is 399 g/mol. The maximum atomic E-state index is 12.2. The molecule has 0 spiro atoms. The van der Waals surface area contributed by atoms with Gasteiger partial charge in [-0.25, -0.2) is 0 Å². The average Bonchev–Trinajstić information content (AvgIpc) is 2.71. The van der Waals surface area contributed by atoms with Gasteiger partial charge in [-0.1, -0.05) is 24.3 Å². The van der Waals surface area contributed by atoms with Gasteiger partial charge in [-0.3, -0.25) is 9.69 Å². The van der Waals surface area contributed by atoms with Gasteiger partial charge in [0, 0.05) is 26.2 Å². The van der Waals surface area contributed by atoms with E-state index in [2.05, 4.69) is 36.2 Å². The smallest absolute Gasteiger partial charge is 0.258 e. The van der Waals surface area contributed by atoms with Crippen molar-refractivity contribution in [3.63, 3.8) is 0 Å². The van der Waals surface area contributed by atoms with Crippen LogP contribution in [0.1, 0.15) is 25.0 Å². The summed E-state index contributed by atoms with van der Waals surface area (Å²) in [7, 11) is 1.61. The molecule has 2 atom stereocenters. The molecule has 1 saturated heterocycles. The molecular formula is C23H30N2O4. The van der Waals surface area contributed by atoms with E-state index in [-0.39, 0.29) is 24.7 Å². The Hall–Kier alpha value is -2.57. The Balaban J connectivity index is 1.50. The van der Waals surface area contributed by atoms with Crippen molar-refractivity contribution in [3.05, 3.63) is 59.7 Å². The highest BCUT2D eigenvalue weighted by Gasteiger charge is 2.22. The number of hydrogen-bond acceptors (Lipinski definition) is 5. The van der Waals surface area contributed by atoms with Crippen molar-refractivity contribution < 1.29 is 19.0 Å². The summed E-state index contributed by atoms with van der Waals surface area (Å²) in [5.41, 5.74) is 2.35. The molecule has 0 bridgehead atoms. The van der Waals surface area contributed by atoms with Crippen molar-refractivity contribution in [1.82, 2.24) is 10.2 Å². The number of nitrogens with one attached hydrogen (secondary N) is 1. The van der Waals surface area contributed by atoms with Crippen LogP contribution in [-0.4, -0.2) is 49.8 Å². The minimum atomic E-state index is -0.149. The first-order valence-electron chi connectivity index (χ1n) is 10.0. The van der Waals surface area contributed by atoms with Gasteiger partial charge in [0.2, 0.25) is 0 Å². The number of methoxy groups -OCH3 is 1. The summed E-state index contributed by atoms with van der Waals surface area (Å²) < 4.78 is 16.5. The number of nitrogens with zero attached hydrogens (tertiary/aromatic N) is 1. The molecule has 1 fully saturated rings. The van der Waals surface area contributed by atoms with Crippen molar-refractivity contribution in [1.29, 1.82) is 0 Å². The normalized spacial score (nSPS) is 19.6. The number of amides is 1. The summed E-state index contributed by atoms with van der Waals surface area (Å²) in [6.45, 7) is 7.37. The van der Waals surface area contributed by atoms with Crippen LogP contribution in [0.25, 0.3) is 0 Å². The van der Waals surface area contributed by atoms with E-state index in [9.17, 15) is 4.79 Å². The van der Waals surface area contributed by atoms with Gasteiger partial charge in [-0.2, -0.15) is 0 Å². The maximum Gasteiger partial charge on any atom is 0.258 e. The van der Waals surface area contributed by atoms with Gasteiger partial charge < -0.3 is 19.5 Å². The number of carbonyl (C=O) groups excluding carboxylic acids is 1. The molecule has 2 aromatic carbocycles. The van der Waals surface area contributed by atoms with E-state index in [1.54, 1.807) is 31.4 Å². The number of ether oxygens (including phenoxy) is 3. The van der Waals surface area contributed by atoms with Gasteiger partial charge in [0.15, 0.2) is 6.61 Å². The molecule has 0 saturated carbocycles. The highest BCUT2D eigenvalue weighted by Crippen LogP contribution is 2.18. The third-order valence-electron chi connectivity index (χ3n) is 4.91. The van der Waals surface area contributed by atoms with Crippen molar-refractivity contribution >= 4 is 5.91 Å². The van der Waals surface area contributed by atoms with E-state index in [4.69, 9.17) is 14.2 Å². The lowest BCUT2D eigenvalue weighted by atomic mass is 10.1. The van der Waals surface area contributed by atoms with E-state index in [1.165, 1.54) is 5.56 Å². The zero-order valence-corrected chi connectivity index (χ0v) is 17.4. The predicted octanol–water partition coefficient (Wildman–Crippen LogP) is 3.00. The van der Waals surface area contributed by atoms with Gasteiger partial charge in [0.1, 0.15) is 11.5 Å². The second-order valence-electron chi connectivity index (χ2n) is 7.46. The predicted molar refractivity (Wildman–Crippen MR) is 112 cm³/mol. The Kier molecular flexibility index (Phi) is 7.49. The number of rotatable bonds is 8. The molecule has 3 rings (SSSR count). The number of benzene rings is 2. The van der Waals surface area contributed by atoms with E-state index in [0.29, 0.717) is 12.3 Å². The molecule has 0 radical (unpaired) electrons. The van der Waals surface area contributed by atoms with Gasteiger partial charge in [-0.05, 0) is 49.2 Å². The highest BCUT2D eigenvalue weighted by molar-refractivity contribution is 5.77. The van der Waals surface area contributed by atoms with Gasteiger partial charge in [0.05, 0.1) is 19.3 Å². The van der Waals surface area contributed by atoms with Crippen LogP contribution in [0.2, 0.25) is 0 Å². The van der Waals surface area contributed by atoms with Gasteiger partial charge in [0.25, 0.3) is 5.91 Å². The molecule has 1 aliphatic rings. The monoisotopic (exact) mass is 398 g/mol. The van der Waals surface area contributed by atoms with Crippen molar-refractivity contribution in [2.24, 2.45) is 0 Å². The van der Waals surface area contributed by atoms with E-state index < -0.39 is 0 Å². The summed E-state index contributed by atoms with van der Waals surface area (Å²) in [6, 6.07) is 15.4. The molecule has 156 valence electrons. The van der Waals surface area contributed by atoms with Crippen LogP contribution in [0.3, 0.4) is 0 Å². The molecule has 0 aliphatic carbocycles. The molecule has 0 aromatic heterocycles. The van der Waals surface area contributed by atoms with Crippen LogP contribution in [0.15, 0.2) is 48.5 Å². The van der Waals surface area contributed by atoms with Crippen LogP contribution in [0.5, 0.6) is 11.5 Å². The van der Waals surface area contributed by atoms with Crippen molar-refractivity contribution in [3.8, 4) is 11.5 Å². The lowest BCUT2D eigenvalue weighted by molar-refractivity contribution is -0.123.